The topological polar surface area (TPSA) is 33.1 Å². The molecule has 1 heterocycles. The zero-order chi connectivity index (χ0) is 12.4. The summed E-state index contributed by atoms with van der Waals surface area (Å²) >= 11 is 1.28. The van der Waals surface area contributed by atoms with Gasteiger partial charge in [0.2, 0.25) is 0 Å². The van der Waals surface area contributed by atoms with Gasteiger partial charge in [0.05, 0.1) is 22.2 Å². The molecule has 5 heteroatoms. The fourth-order valence-electron chi connectivity index (χ4n) is 1.64. The molecule has 0 aliphatic heterocycles. The molecule has 0 saturated heterocycles. The SMILES string of the molecule is Cc1ncsc1C(O)Cc1c(F)cccc1F. The highest BCUT2D eigenvalue weighted by Gasteiger charge is 2.18. The molecule has 0 amide bonds. The normalized spacial score (nSPS) is 12.7. The summed E-state index contributed by atoms with van der Waals surface area (Å²) in [6.45, 7) is 1.76. The Balaban J connectivity index is 2.25. The van der Waals surface area contributed by atoms with Gasteiger partial charge in [0, 0.05) is 12.0 Å². The Morgan fingerprint density at radius 2 is 2.00 bits per heavy atom. The number of nitrogens with zero attached hydrogens (tertiary/aromatic N) is 1. The average molecular weight is 255 g/mol. The van der Waals surface area contributed by atoms with Crippen LogP contribution in [0.25, 0.3) is 0 Å². The zero-order valence-electron chi connectivity index (χ0n) is 9.15. The molecule has 0 saturated carbocycles. The smallest absolute Gasteiger partial charge is 0.129 e. The fraction of sp³-hybridized carbons (Fsp3) is 0.250. The van der Waals surface area contributed by atoms with Crippen molar-refractivity contribution in [1.82, 2.24) is 4.98 Å². The molecule has 2 aromatic rings. The second-order valence-corrected chi connectivity index (χ2v) is 4.61. The van der Waals surface area contributed by atoms with E-state index in [-0.39, 0.29) is 12.0 Å². The molecule has 1 atom stereocenters. The Morgan fingerprint density at radius 1 is 1.35 bits per heavy atom. The first-order chi connectivity index (χ1) is 8.09. The predicted molar refractivity (Wildman–Crippen MR) is 61.9 cm³/mol. The van der Waals surface area contributed by atoms with E-state index in [1.807, 2.05) is 0 Å². The van der Waals surface area contributed by atoms with Gasteiger partial charge in [-0.1, -0.05) is 6.07 Å². The molecule has 17 heavy (non-hydrogen) atoms. The Labute approximate surface area is 102 Å². The van der Waals surface area contributed by atoms with Gasteiger partial charge in [-0.3, -0.25) is 0 Å². The van der Waals surface area contributed by atoms with Gasteiger partial charge in [-0.2, -0.15) is 0 Å². The third-order valence-electron chi connectivity index (χ3n) is 2.54. The number of aromatic nitrogens is 1. The summed E-state index contributed by atoms with van der Waals surface area (Å²) < 4.78 is 26.8. The monoisotopic (exact) mass is 255 g/mol. The van der Waals surface area contributed by atoms with Crippen LogP contribution in [0.1, 0.15) is 22.2 Å². The summed E-state index contributed by atoms with van der Waals surface area (Å²) in [5.41, 5.74) is 2.21. The maximum absolute atomic E-state index is 13.4. The molecule has 0 aliphatic rings. The molecule has 0 aliphatic carbocycles. The van der Waals surface area contributed by atoms with Crippen LogP contribution < -0.4 is 0 Å². The summed E-state index contributed by atoms with van der Waals surface area (Å²) in [6, 6.07) is 3.67. The fourth-order valence-corrected chi connectivity index (χ4v) is 2.43. The lowest BCUT2D eigenvalue weighted by molar-refractivity contribution is 0.178. The highest BCUT2D eigenvalue weighted by atomic mass is 32.1. The summed E-state index contributed by atoms with van der Waals surface area (Å²) in [5.74, 6) is -1.27. The summed E-state index contributed by atoms with van der Waals surface area (Å²) in [6.07, 6.45) is -1.00. The molecule has 2 nitrogen and oxygen atoms in total. The minimum Gasteiger partial charge on any atom is -0.387 e. The number of aryl methyl sites for hydroxylation is 1. The van der Waals surface area contributed by atoms with E-state index in [1.54, 1.807) is 12.4 Å². The molecule has 1 N–H and O–H groups in total. The van der Waals surface area contributed by atoms with Gasteiger partial charge in [-0.15, -0.1) is 11.3 Å². The number of benzene rings is 1. The number of aliphatic hydroxyl groups is 1. The zero-order valence-corrected chi connectivity index (χ0v) is 9.97. The van der Waals surface area contributed by atoms with E-state index in [4.69, 9.17) is 0 Å². The van der Waals surface area contributed by atoms with Crippen molar-refractivity contribution in [2.24, 2.45) is 0 Å². The van der Waals surface area contributed by atoms with E-state index in [1.165, 1.54) is 29.5 Å². The quantitative estimate of drug-likeness (QED) is 0.914. The number of thiazole rings is 1. The highest BCUT2D eigenvalue weighted by molar-refractivity contribution is 7.09. The molecular weight excluding hydrogens is 244 g/mol. The van der Waals surface area contributed by atoms with Gasteiger partial charge >= 0.3 is 0 Å². The van der Waals surface area contributed by atoms with Gasteiger partial charge in [-0.25, -0.2) is 13.8 Å². The second-order valence-electron chi connectivity index (χ2n) is 3.72. The number of rotatable bonds is 3. The van der Waals surface area contributed by atoms with Crippen LogP contribution >= 0.6 is 11.3 Å². The average Bonchev–Trinajstić information content (AvgIpc) is 2.70. The molecule has 0 spiro atoms. The van der Waals surface area contributed by atoms with Crippen molar-refractivity contribution < 1.29 is 13.9 Å². The van der Waals surface area contributed by atoms with Crippen LogP contribution in [0.4, 0.5) is 8.78 Å². The van der Waals surface area contributed by atoms with Gasteiger partial charge in [-0.05, 0) is 19.1 Å². The van der Waals surface area contributed by atoms with Crippen LogP contribution in [0.15, 0.2) is 23.7 Å². The molecule has 0 fully saturated rings. The van der Waals surface area contributed by atoms with Crippen LogP contribution in [0.3, 0.4) is 0 Å². The minimum atomic E-state index is -0.922. The van der Waals surface area contributed by atoms with Crippen LogP contribution in [-0.4, -0.2) is 10.1 Å². The predicted octanol–water partition coefficient (Wildman–Crippen LogP) is 3.01. The summed E-state index contributed by atoms with van der Waals surface area (Å²) in [5, 5.41) is 9.93. The molecule has 90 valence electrons. The maximum Gasteiger partial charge on any atom is 0.129 e. The van der Waals surface area contributed by atoms with E-state index in [0.717, 1.165) is 0 Å². The first-order valence-corrected chi connectivity index (χ1v) is 5.98. The minimum absolute atomic E-state index is 0.0818. The van der Waals surface area contributed by atoms with Crippen molar-refractivity contribution in [3.05, 3.63) is 51.5 Å². The van der Waals surface area contributed by atoms with E-state index in [9.17, 15) is 13.9 Å². The van der Waals surface area contributed by atoms with Crippen molar-refractivity contribution in [2.45, 2.75) is 19.4 Å². The van der Waals surface area contributed by atoms with E-state index in [2.05, 4.69) is 4.98 Å². The number of hydrogen-bond acceptors (Lipinski definition) is 3. The molecular formula is C12H11F2NOS. The number of hydrogen-bond donors (Lipinski definition) is 1. The van der Waals surface area contributed by atoms with Gasteiger partial charge in [0.15, 0.2) is 0 Å². The number of aliphatic hydroxyl groups excluding tert-OH is 1. The second kappa shape index (κ2) is 4.89. The Kier molecular flexibility index (Phi) is 3.49. The maximum atomic E-state index is 13.4. The van der Waals surface area contributed by atoms with Crippen molar-refractivity contribution in [3.63, 3.8) is 0 Å². The highest BCUT2D eigenvalue weighted by Crippen LogP contribution is 2.26. The van der Waals surface area contributed by atoms with Crippen LogP contribution in [0.2, 0.25) is 0 Å². The van der Waals surface area contributed by atoms with Crippen molar-refractivity contribution in [1.29, 1.82) is 0 Å². The van der Waals surface area contributed by atoms with E-state index >= 15 is 0 Å². The Hall–Kier alpha value is -1.33. The van der Waals surface area contributed by atoms with Crippen molar-refractivity contribution in [2.75, 3.05) is 0 Å². The van der Waals surface area contributed by atoms with E-state index in [0.29, 0.717) is 10.6 Å². The van der Waals surface area contributed by atoms with Crippen molar-refractivity contribution >= 4 is 11.3 Å². The molecule has 1 aromatic heterocycles. The molecule has 0 bridgehead atoms. The molecule has 0 radical (unpaired) electrons. The lowest BCUT2D eigenvalue weighted by atomic mass is 10.0. The van der Waals surface area contributed by atoms with Crippen LogP contribution in [0, 0.1) is 18.6 Å². The standard InChI is InChI=1S/C12H11F2NOS/c1-7-12(17-6-15-7)11(16)5-8-9(13)3-2-4-10(8)14/h2-4,6,11,16H,5H2,1H3. The molecule has 2 rings (SSSR count). The largest absolute Gasteiger partial charge is 0.387 e. The third-order valence-corrected chi connectivity index (χ3v) is 3.58. The first-order valence-electron chi connectivity index (χ1n) is 5.10. The summed E-state index contributed by atoms with van der Waals surface area (Å²) in [7, 11) is 0. The lowest BCUT2D eigenvalue weighted by Crippen LogP contribution is -2.05. The first kappa shape index (κ1) is 12.1. The Bertz CT molecular complexity index is 507. The molecule has 1 unspecified atom stereocenters. The van der Waals surface area contributed by atoms with Crippen LogP contribution in [-0.2, 0) is 6.42 Å². The van der Waals surface area contributed by atoms with Gasteiger partial charge < -0.3 is 5.11 Å². The Morgan fingerprint density at radius 3 is 2.53 bits per heavy atom. The van der Waals surface area contributed by atoms with E-state index < -0.39 is 17.7 Å². The third kappa shape index (κ3) is 2.50. The van der Waals surface area contributed by atoms with Crippen LogP contribution in [0.5, 0.6) is 0 Å². The van der Waals surface area contributed by atoms with Gasteiger partial charge in [0.1, 0.15) is 11.6 Å². The van der Waals surface area contributed by atoms with Gasteiger partial charge in [0.25, 0.3) is 0 Å². The lowest BCUT2D eigenvalue weighted by Gasteiger charge is -2.10. The molecule has 1 aromatic carbocycles. The number of halogens is 2. The summed E-state index contributed by atoms with van der Waals surface area (Å²) in [4.78, 5) is 4.64. The van der Waals surface area contributed by atoms with Crippen molar-refractivity contribution in [3.8, 4) is 0 Å².